The second kappa shape index (κ2) is 5.67. The molecule has 18 heavy (non-hydrogen) atoms. The molecule has 0 spiro atoms. The molecular formula is C14H19N3O. The van der Waals surface area contributed by atoms with Crippen molar-refractivity contribution in [2.45, 2.75) is 19.3 Å². The van der Waals surface area contributed by atoms with Gasteiger partial charge >= 0.3 is 6.03 Å². The van der Waals surface area contributed by atoms with Crippen LogP contribution in [-0.4, -0.2) is 37.4 Å². The number of carbonyl (C=O) groups is 1. The fourth-order valence-corrected chi connectivity index (χ4v) is 2.04. The summed E-state index contributed by atoms with van der Waals surface area (Å²) in [6.07, 6.45) is 3.19. The molecule has 4 nitrogen and oxygen atoms in total. The first kappa shape index (κ1) is 12.6. The number of para-hydroxylation sites is 1. The molecule has 1 fully saturated rings. The van der Waals surface area contributed by atoms with Crippen LogP contribution < -0.4 is 4.90 Å². The number of aliphatic imine (C=N–C) groups is 1. The van der Waals surface area contributed by atoms with Crippen LogP contribution in [0.3, 0.4) is 0 Å². The Morgan fingerprint density at radius 1 is 1.28 bits per heavy atom. The van der Waals surface area contributed by atoms with Crippen molar-refractivity contribution in [1.82, 2.24) is 4.90 Å². The van der Waals surface area contributed by atoms with Crippen molar-refractivity contribution in [2.24, 2.45) is 4.99 Å². The fourth-order valence-electron chi connectivity index (χ4n) is 2.04. The number of hydrogen-bond acceptors (Lipinski definition) is 1. The van der Waals surface area contributed by atoms with Crippen LogP contribution in [0.4, 0.5) is 10.5 Å². The Kier molecular flexibility index (Phi) is 3.97. The minimum Gasteiger partial charge on any atom is -0.363 e. The van der Waals surface area contributed by atoms with Crippen molar-refractivity contribution in [3.8, 4) is 0 Å². The predicted molar refractivity (Wildman–Crippen MR) is 74.2 cm³/mol. The molecule has 0 unspecified atom stereocenters. The second-order valence-electron chi connectivity index (χ2n) is 4.58. The average Bonchev–Trinajstić information content (AvgIpc) is 2.41. The summed E-state index contributed by atoms with van der Waals surface area (Å²) in [6, 6.07) is 9.37. The number of piperidine rings is 1. The first-order valence-corrected chi connectivity index (χ1v) is 6.30. The number of anilines is 1. The minimum atomic E-state index is -0.204. The zero-order valence-corrected chi connectivity index (χ0v) is 11.0. The minimum absolute atomic E-state index is 0.204. The molecule has 1 heterocycles. The van der Waals surface area contributed by atoms with Crippen LogP contribution in [0.5, 0.6) is 0 Å². The maximum absolute atomic E-state index is 12.1. The van der Waals surface area contributed by atoms with Gasteiger partial charge in [-0.1, -0.05) is 18.2 Å². The van der Waals surface area contributed by atoms with Gasteiger partial charge in [0.05, 0.1) is 0 Å². The quantitative estimate of drug-likeness (QED) is 0.762. The van der Waals surface area contributed by atoms with Gasteiger partial charge in [-0.05, 0) is 25.0 Å². The highest BCUT2D eigenvalue weighted by Gasteiger charge is 2.16. The van der Waals surface area contributed by atoms with Crippen LogP contribution in [0.15, 0.2) is 35.3 Å². The third kappa shape index (κ3) is 2.88. The highest BCUT2D eigenvalue weighted by molar-refractivity contribution is 6.01. The van der Waals surface area contributed by atoms with E-state index in [1.807, 2.05) is 37.4 Å². The van der Waals surface area contributed by atoms with Crippen LogP contribution in [-0.2, 0) is 0 Å². The van der Waals surface area contributed by atoms with Crippen LogP contribution in [0.25, 0.3) is 0 Å². The molecule has 0 aromatic heterocycles. The Balaban J connectivity index is 2.09. The lowest BCUT2D eigenvalue weighted by atomic mass is 10.1. The molecule has 0 saturated carbocycles. The molecule has 2 amide bonds. The highest BCUT2D eigenvalue weighted by atomic mass is 16.2. The number of benzene rings is 1. The molecule has 1 saturated heterocycles. The van der Waals surface area contributed by atoms with Crippen molar-refractivity contribution in [2.75, 3.05) is 25.5 Å². The zero-order chi connectivity index (χ0) is 13.0. The largest absolute Gasteiger partial charge is 0.363 e. The van der Waals surface area contributed by atoms with Gasteiger partial charge in [0, 0.05) is 32.7 Å². The molecule has 1 aliphatic heterocycles. The van der Waals surface area contributed by atoms with E-state index in [0.29, 0.717) is 0 Å². The van der Waals surface area contributed by atoms with Crippen LogP contribution >= 0.6 is 0 Å². The highest BCUT2D eigenvalue weighted by Crippen LogP contribution is 2.14. The fraction of sp³-hybridized carbons (Fsp3) is 0.429. The summed E-state index contributed by atoms with van der Waals surface area (Å²) in [6.45, 7) is 0.987. The Labute approximate surface area is 108 Å². The molecule has 2 rings (SSSR count). The molecule has 0 bridgehead atoms. The van der Waals surface area contributed by atoms with Crippen molar-refractivity contribution in [3.05, 3.63) is 30.3 Å². The molecule has 1 aromatic rings. The number of hydrogen-bond donors (Lipinski definition) is 0. The van der Waals surface area contributed by atoms with Crippen LogP contribution in [0.2, 0.25) is 0 Å². The van der Waals surface area contributed by atoms with E-state index in [0.717, 1.165) is 30.9 Å². The molecule has 0 atom stereocenters. The van der Waals surface area contributed by atoms with Gasteiger partial charge in [-0.3, -0.25) is 4.90 Å². The van der Waals surface area contributed by atoms with Gasteiger partial charge in [-0.25, -0.2) is 4.79 Å². The standard InChI is InChI=1S/C14H19N3O/c1-16-11-7-6-10-13(16)15-14(18)17(2)12-8-4-3-5-9-12/h3-5,8-9H,6-7,10-11H2,1-2H3. The van der Waals surface area contributed by atoms with E-state index in [-0.39, 0.29) is 6.03 Å². The second-order valence-corrected chi connectivity index (χ2v) is 4.58. The Morgan fingerprint density at radius 2 is 2.00 bits per heavy atom. The van der Waals surface area contributed by atoms with Crippen LogP contribution in [0, 0.1) is 0 Å². The third-order valence-electron chi connectivity index (χ3n) is 3.24. The summed E-state index contributed by atoms with van der Waals surface area (Å²) < 4.78 is 0. The number of urea groups is 1. The van der Waals surface area contributed by atoms with E-state index in [1.54, 1.807) is 11.9 Å². The summed E-state index contributed by atoms with van der Waals surface area (Å²) >= 11 is 0. The van der Waals surface area contributed by atoms with Crippen molar-refractivity contribution >= 4 is 17.6 Å². The van der Waals surface area contributed by atoms with E-state index < -0.39 is 0 Å². The Morgan fingerprint density at radius 3 is 2.67 bits per heavy atom. The Hall–Kier alpha value is -1.84. The Bertz CT molecular complexity index is 442. The molecule has 4 heteroatoms. The average molecular weight is 245 g/mol. The number of amidine groups is 1. The van der Waals surface area contributed by atoms with Crippen molar-refractivity contribution < 1.29 is 4.79 Å². The zero-order valence-electron chi connectivity index (χ0n) is 11.0. The molecule has 1 aliphatic rings. The predicted octanol–water partition coefficient (Wildman–Crippen LogP) is 2.76. The van der Waals surface area contributed by atoms with Gasteiger partial charge in [0.1, 0.15) is 5.84 Å². The van der Waals surface area contributed by atoms with Gasteiger partial charge in [0.2, 0.25) is 0 Å². The lowest BCUT2D eigenvalue weighted by Gasteiger charge is -2.26. The van der Waals surface area contributed by atoms with E-state index in [2.05, 4.69) is 9.89 Å². The maximum Gasteiger partial charge on any atom is 0.349 e. The van der Waals surface area contributed by atoms with Gasteiger partial charge in [0.25, 0.3) is 0 Å². The lowest BCUT2D eigenvalue weighted by molar-refractivity contribution is 0.254. The lowest BCUT2D eigenvalue weighted by Crippen LogP contribution is -2.34. The molecule has 0 aliphatic carbocycles. The summed E-state index contributed by atoms with van der Waals surface area (Å²) in [4.78, 5) is 19.9. The molecule has 0 N–H and O–H groups in total. The van der Waals surface area contributed by atoms with Crippen molar-refractivity contribution in [3.63, 3.8) is 0 Å². The van der Waals surface area contributed by atoms with E-state index in [4.69, 9.17) is 0 Å². The van der Waals surface area contributed by atoms with Gasteiger partial charge in [-0.15, -0.1) is 0 Å². The number of nitrogens with zero attached hydrogens (tertiary/aromatic N) is 3. The molecular weight excluding hydrogens is 226 g/mol. The normalized spacial score (nSPS) is 17.9. The van der Waals surface area contributed by atoms with Gasteiger partial charge < -0.3 is 4.90 Å². The van der Waals surface area contributed by atoms with Crippen LogP contribution in [0.1, 0.15) is 19.3 Å². The van der Waals surface area contributed by atoms with E-state index in [1.165, 1.54) is 6.42 Å². The molecule has 0 radical (unpaired) electrons. The van der Waals surface area contributed by atoms with Gasteiger partial charge in [0.15, 0.2) is 0 Å². The number of rotatable bonds is 1. The molecule has 96 valence electrons. The van der Waals surface area contributed by atoms with E-state index in [9.17, 15) is 4.79 Å². The topological polar surface area (TPSA) is 35.9 Å². The first-order chi connectivity index (χ1) is 8.68. The number of carbonyl (C=O) groups excluding carboxylic acids is 1. The first-order valence-electron chi connectivity index (χ1n) is 6.30. The van der Waals surface area contributed by atoms with Gasteiger partial charge in [-0.2, -0.15) is 4.99 Å². The van der Waals surface area contributed by atoms with E-state index >= 15 is 0 Å². The van der Waals surface area contributed by atoms with Crippen molar-refractivity contribution in [1.29, 1.82) is 0 Å². The molecule has 1 aromatic carbocycles. The maximum atomic E-state index is 12.1. The SMILES string of the molecule is CN1CCCCC1=NC(=O)N(C)c1ccccc1. The summed E-state index contributed by atoms with van der Waals surface area (Å²) in [5.74, 6) is 0.897. The summed E-state index contributed by atoms with van der Waals surface area (Å²) in [5, 5.41) is 0. The summed E-state index contributed by atoms with van der Waals surface area (Å²) in [7, 11) is 3.75. The summed E-state index contributed by atoms with van der Waals surface area (Å²) in [5.41, 5.74) is 0.866. The third-order valence-corrected chi connectivity index (χ3v) is 3.24. The monoisotopic (exact) mass is 245 g/mol. The number of likely N-dealkylation sites (tertiary alicyclic amines) is 1. The number of amides is 2. The smallest absolute Gasteiger partial charge is 0.349 e.